The van der Waals surface area contributed by atoms with Crippen LogP contribution in [0.25, 0.3) is 11.5 Å². The Balaban J connectivity index is 1.67. The number of carbonyl (C=O) groups excluding carboxylic acids is 1. The standard InChI is InChI=1S/C20H19N7O2/c1-11-19-15(13-5-4-6-14(9-13)29-3)10-18(28)21-20(19)27(24-11)17-8-7-16-23-22-12(2)26(16)25-17/h4-9,15H,10H2,1-3H3,(H,21,28)/t15-/m0/s1. The first-order valence-electron chi connectivity index (χ1n) is 9.28. The summed E-state index contributed by atoms with van der Waals surface area (Å²) in [6.45, 7) is 3.78. The molecule has 0 saturated carbocycles. The fourth-order valence-electron chi connectivity index (χ4n) is 3.86. The van der Waals surface area contributed by atoms with Gasteiger partial charge in [0.2, 0.25) is 5.91 Å². The van der Waals surface area contributed by atoms with Crippen molar-refractivity contribution < 1.29 is 9.53 Å². The molecule has 1 aromatic carbocycles. The topological polar surface area (TPSA) is 99.2 Å². The maximum absolute atomic E-state index is 12.6. The zero-order valence-corrected chi connectivity index (χ0v) is 16.2. The molecule has 1 aliphatic rings. The SMILES string of the molecule is COc1cccc([C@@H]2CC(=O)Nc3c2c(C)nn3-c2ccc3nnc(C)n3n2)c1. The lowest BCUT2D eigenvalue weighted by atomic mass is 9.86. The predicted octanol–water partition coefficient (Wildman–Crippen LogP) is 2.41. The number of methoxy groups -OCH3 is 1. The molecule has 0 spiro atoms. The molecule has 3 aromatic heterocycles. The van der Waals surface area contributed by atoms with E-state index >= 15 is 0 Å². The summed E-state index contributed by atoms with van der Waals surface area (Å²) in [5.74, 6) is 2.49. The van der Waals surface area contributed by atoms with Crippen LogP contribution in [0, 0.1) is 13.8 Å². The third-order valence-electron chi connectivity index (χ3n) is 5.22. The van der Waals surface area contributed by atoms with Crippen LogP contribution in [0.1, 0.15) is 35.0 Å². The molecule has 0 fully saturated rings. The van der Waals surface area contributed by atoms with Crippen LogP contribution in [0.2, 0.25) is 0 Å². The maximum Gasteiger partial charge on any atom is 0.226 e. The Morgan fingerprint density at radius 2 is 2.00 bits per heavy atom. The summed E-state index contributed by atoms with van der Waals surface area (Å²) in [4.78, 5) is 12.6. The molecule has 4 aromatic rings. The predicted molar refractivity (Wildman–Crippen MR) is 105 cm³/mol. The van der Waals surface area contributed by atoms with E-state index in [1.807, 2.05) is 50.2 Å². The Labute approximate surface area is 166 Å². The van der Waals surface area contributed by atoms with E-state index in [-0.39, 0.29) is 11.8 Å². The van der Waals surface area contributed by atoms with E-state index < -0.39 is 0 Å². The van der Waals surface area contributed by atoms with Gasteiger partial charge in [-0.2, -0.15) is 14.3 Å². The third kappa shape index (κ3) is 2.74. The van der Waals surface area contributed by atoms with Gasteiger partial charge in [0, 0.05) is 17.9 Å². The largest absolute Gasteiger partial charge is 0.497 e. The van der Waals surface area contributed by atoms with E-state index in [2.05, 4.69) is 20.6 Å². The molecule has 0 saturated heterocycles. The van der Waals surface area contributed by atoms with Crippen molar-refractivity contribution in [1.29, 1.82) is 0 Å². The first-order valence-corrected chi connectivity index (χ1v) is 9.28. The van der Waals surface area contributed by atoms with Gasteiger partial charge in [0.1, 0.15) is 11.6 Å². The van der Waals surface area contributed by atoms with E-state index in [4.69, 9.17) is 9.84 Å². The fourth-order valence-corrected chi connectivity index (χ4v) is 3.86. The van der Waals surface area contributed by atoms with Gasteiger partial charge in [-0.3, -0.25) is 4.79 Å². The normalized spacial score (nSPS) is 16.0. The number of nitrogens with zero attached hydrogens (tertiary/aromatic N) is 6. The number of hydrogen-bond acceptors (Lipinski definition) is 6. The molecule has 1 amide bonds. The first kappa shape index (κ1) is 17.4. The van der Waals surface area contributed by atoms with Crippen molar-refractivity contribution in [1.82, 2.24) is 29.6 Å². The molecule has 5 rings (SSSR count). The van der Waals surface area contributed by atoms with Crippen molar-refractivity contribution in [2.75, 3.05) is 12.4 Å². The summed E-state index contributed by atoms with van der Waals surface area (Å²) >= 11 is 0. The van der Waals surface area contributed by atoms with Crippen LogP contribution in [0.3, 0.4) is 0 Å². The summed E-state index contributed by atoms with van der Waals surface area (Å²) in [5, 5.41) is 20.4. The lowest BCUT2D eigenvalue weighted by Gasteiger charge is -2.24. The van der Waals surface area contributed by atoms with Crippen LogP contribution in [-0.4, -0.2) is 42.6 Å². The number of ether oxygens (including phenoxy) is 1. The monoisotopic (exact) mass is 389 g/mol. The van der Waals surface area contributed by atoms with Gasteiger partial charge < -0.3 is 10.1 Å². The molecule has 9 nitrogen and oxygen atoms in total. The smallest absolute Gasteiger partial charge is 0.226 e. The van der Waals surface area contributed by atoms with Gasteiger partial charge in [0.25, 0.3) is 0 Å². The van der Waals surface area contributed by atoms with Crippen molar-refractivity contribution in [3.05, 3.63) is 59.0 Å². The molecule has 9 heteroatoms. The molecular weight excluding hydrogens is 370 g/mol. The number of aromatic nitrogens is 6. The maximum atomic E-state index is 12.6. The highest BCUT2D eigenvalue weighted by atomic mass is 16.5. The second-order valence-corrected chi connectivity index (χ2v) is 7.05. The summed E-state index contributed by atoms with van der Waals surface area (Å²) < 4.78 is 8.69. The Kier molecular flexibility index (Phi) is 3.83. The number of aryl methyl sites for hydroxylation is 2. The number of carbonyl (C=O) groups is 1. The quantitative estimate of drug-likeness (QED) is 0.578. The molecule has 0 bridgehead atoms. The zero-order chi connectivity index (χ0) is 20.1. The molecule has 0 radical (unpaired) electrons. The minimum atomic E-state index is -0.108. The highest BCUT2D eigenvalue weighted by Gasteiger charge is 2.33. The van der Waals surface area contributed by atoms with Gasteiger partial charge in [-0.25, -0.2) is 0 Å². The van der Waals surface area contributed by atoms with Crippen molar-refractivity contribution in [3.63, 3.8) is 0 Å². The molecule has 29 heavy (non-hydrogen) atoms. The zero-order valence-electron chi connectivity index (χ0n) is 16.2. The highest BCUT2D eigenvalue weighted by molar-refractivity contribution is 5.95. The minimum absolute atomic E-state index is 0.0620. The summed E-state index contributed by atoms with van der Waals surface area (Å²) in [5.41, 5.74) is 3.50. The van der Waals surface area contributed by atoms with Crippen LogP contribution < -0.4 is 10.1 Å². The van der Waals surface area contributed by atoms with Gasteiger partial charge in [-0.1, -0.05) is 12.1 Å². The number of amides is 1. The number of hydrogen-bond donors (Lipinski definition) is 1. The van der Waals surface area contributed by atoms with Crippen molar-refractivity contribution >= 4 is 17.4 Å². The molecule has 146 valence electrons. The van der Waals surface area contributed by atoms with Crippen molar-refractivity contribution in [2.45, 2.75) is 26.2 Å². The Bertz CT molecular complexity index is 1260. The average Bonchev–Trinajstić information content (AvgIpc) is 3.27. The number of rotatable bonds is 3. The lowest BCUT2D eigenvalue weighted by Crippen LogP contribution is -2.25. The second-order valence-electron chi connectivity index (χ2n) is 7.05. The van der Waals surface area contributed by atoms with Crippen LogP contribution in [0.15, 0.2) is 36.4 Å². The second kappa shape index (κ2) is 6.40. The number of fused-ring (bicyclic) bond motifs is 2. The van der Waals surface area contributed by atoms with Gasteiger partial charge in [0.15, 0.2) is 17.3 Å². The third-order valence-corrected chi connectivity index (χ3v) is 5.22. The van der Waals surface area contributed by atoms with E-state index in [9.17, 15) is 4.79 Å². The molecule has 1 atom stereocenters. The van der Waals surface area contributed by atoms with Crippen molar-refractivity contribution in [2.24, 2.45) is 0 Å². The highest BCUT2D eigenvalue weighted by Crippen LogP contribution is 2.40. The van der Waals surface area contributed by atoms with Crippen molar-refractivity contribution in [3.8, 4) is 11.6 Å². The molecule has 4 heterocycles. The molecular formula is C20H19N7O2. The number of benzene rings is 1. The Morgan fingerprint density at radius 1 is 1.14 bits per heavy atom. The number of anilines is 1. The van der Waals surface area contributed by atoms with E-state index in [0.29, 0.717) is 29.5 Å². The van der Waals surface area contributed by atoms with E-state index in [1.165, 1.54) is 0 Å². The van der Waals surface area contributed by atoms with E-state index in [1.54, 1.807) is 16.3 Å². The molecule has 0 aliphatic carbocycles. The summed E-state index contributed by atoms with van der Waals surface area (Å²) in [6, 6.07) is 11.5. The summed E-state index contributed by atoms with van der Waals surface area (Å²) in [7, 11) is 1.64. The van der Waals surface area contributed by atoms with Crippen LogP contribution in [0.4, 0.5) is 5.82 Å². The van der Waals surface area contributed by atoms with E-state index in [0.717, 1.165) is 22.6 Å². The molecule has 1 aliphatic heterocycles. The first-order chi connectivity index (χ1) is 14.0. The number of nitrogens with one attached hydrogen (secondary N) is 1. The molecule has 1 N–H and O–H groups in total. The van der Waals surface area contributed by atoms with Crippen LogP contribution in [-0.2, 0) is 4.79 Å². The summed E-state index contributed by atoms with van der Waals surface area (Å²) in [6.07, 6.45) is 0.351. The Hall–Kier alpha value is -3.75. The van der Waals surface area contributed by atoms with Gasteiger partial charge >= 0.3 is 0 Å². The average molecular weight is 389 g/mol. The minimum Gasteiger partial charge on any atom is -0.497 e. The van der Waals surface area contributed by atoms with Crippen LogP contribution in [0.5, 0.6) is 5.75 Å². The van der Waals surface area contributed by atoms with Gasteiger partial charge in [-0.05, 0) is 43.7 Å². The van der Waals surface area contributed by atoms with Gasteiger partial charge in [-0.15, -0.1) is 15.3 Å². The Morgan fingerprint density at radius 3 is 2.83 bits per heavy atom. The van der Waals surface area contributed by atoms with Gasteiger partial charge in [0.05, 0.1) is 12.8 Å². The lowest BCUT2D eigenvalue weighted by molar-refractivity contribution is -0.116. The van der Waals surface area contributed by atoms with Crippen LogP contribution >= 0.6 is 0 Å². The fraction of sp³-hybridized carbons (Fsp3) is 0.250. The molecule has 0 unspecified atom stereocenters.